The molecule has 29 heavy (non-hydrogen) atoms. The van der Waals surface area contributed by atoms with Crippen molar-refractivity contribution in [1.82, 2.24) is 29.3 Å². The summed E-state index contributed by atoms with van der Waals surface area (Å²) in [7, 11) is 0. The second-order valence-electron chi connectivity index (χ2n) is 6.79. The highest BCUT2D eigenvalue weighted by molar-refractivity contribution is 7.77. The van der Waals surface area contributed by atoms with Gasteiger partial charge in [-0.2, -0.15) is 5.10 Å². The van der Waals surface area contributed by atoms with Crippen molar-refractivity contribution in [2.45, 2.75) is 19.3 Å². The Labute approximate surface area is 167 Å². The molecule has 0 amide bonds. The summed E-state index contributed by atoms with van der Waals surface area (Å²) >= 11 is -2.03. The van der Waals surface area contributed by atoms with Gasteiger partial charge in [0.05, 0.1) is 11.9 Å². The predicted octanol–water partition coefficient (Wildman–Crippen LogP) is 2.07. The molecule has 0 bridgehead atoms. The summed E-state index contributed by atoms with van der Waals surface area (Å²) in [6.45, 7) is 1.92. The zero-order valence-corrected chi connectivity index (χ0v) is 16.1. The molecular weight excluding hydrogens is 404 g/mol. The van der Waals surface area contributed by atoms with E-state index in [0.29, 0.717) is 35.9 Å². The highest BCUT2D eigenvalue weighted by atomic mass is 32.2. The lowest BCUT2D eigenvalue weighted by Gasteiger charge is -2.33. The maximum Gasteiger partial charge on any atom is 0.282 e. The Balaban J connectivity index is 1.60. The molecule has 2 N–H and O–H groups in total. The van der Waals surface area contributed by atoms with Gasteiger partial charge in [-0.25, -0.2) is 37.2 Å². The fourth-order valence-electron chi connectivity index (χ4n) is 3.47. The number of nitrogens with zero attached hydrogens (tertiary/aromatic N) is 6. The molecule has 2 atom stereocenters. The molecule has 0 aliphatic carbocycles. The molecule has 4 rings (SSSR count). The van der Waals surface area contributed by atoms with Gasteiger partial charge >= 0.3 is 0 Å². The molecule has 0 saturated carbocycles. The summed E-state index contributed by atoms with van der Waals surface area (Å²) in [5, 5.41) is 3.98. The summed E-state index contributed by atoms with van der Waals surface area (Å²) in [4.78, 5) is 14.9. The lowest BCUT2D eigenvalue weighted by Crippen LogP contribution is -2.40. The summed E-state index contributed by atoms with van der Waals surface area (Å²) < 4.78 is 49.7. The first-order valence-electron chi connectivity index (χ1n) is 9.06. The van der Waals surface area contributed by atoms with Crippen LogP contribution < -0.4 is 9.62 Å². The van der Waals surface area contributed by atoms with Crippen LogP contribution in [0.1, 0.15) is 25.0 Å². The molecule has 3 aromatic rings. The van der Waals surface area contributed by atoms with E-state index in [0.717, 1.165) is 19.4 Å². The maximum atomic E-state index is 13.0. The van der Waals surface area contributed by atoms with Crippen molar-refractivity contribution < 1.29 is 17.5 Å². The smallest absolute Gasteiger partial charge is 0.282 e. The van der Waals surface area contributed by atoms with Gasteiger partial charge in [0.1, 0.15) is 23.5 Å². The minimum Gasteiger partial charge on any atom is -0.356 e. The van der Waals surface area contributed by atoms with E-state index in [9.17, 15) is 13.0 Å². The first-order chi connectivity index (χ1) is 14.0. The first-order valence-corrected chi connectivity index (χ1v) is 10.2. The molecule has 1 aliphatic rings. The number of aromatic nitrogens is 5. The largest absolute Gasteiger partial charge is 0.356 e. The average Bonchev–Trinajstić information content (AvgIpc) is 3.16. The summed E-state index contributed by atoms with van der Waals surface area (Å²) in [5.41, 5.74) is 1.14. The third-order valence-corrected chi connectivity index (χ3v) is 5.27. The fraction of sp³-hybridized carbons (Fsp3) is 0.412. The van der Waals surface area contributed by atoms with Crippen molar-refractivity contribution in [2.75, 3.05) is 24.5 Å². The number of anilines is 1. The minimum atomic E-state index is -2.68. The topological polar surface area (TPSA) is 109 Å². The van der Waals surface area contributed by atoms with Gasteiger partial charge in [-0.15, -0.1) is 0 Å². The normalized spacial score (nSPS) is 18.5. The van der Waals surface area contributed by atoms with E-state index < -0.39 is 17.7 Å². The standard InChI is InChI=1S/C17H19F2N7O2S/c18-17(19)12-3-4-15-20-8-14(26(15)24-12)13-6-16(22-10-21-13)25-5-1-2-11(9-25)7-23-29(27)28/h3-4,6,8,10-11,17,23H,1-2,5,7,9H2,(H,27,28). The molecule has 0 aromatic carbocycles. The molecular formula is C17H19F2N7O2S. The van der Waals surface area contributed by atoms with E-state index in [4.69, 9.17) is 4.55 Å². The predicted molar refractivity (Wildman–Crippen MR) is 103 cm³/mol. The van der Waals surface area contributed by atoms with Crippen LogP contribution in [-0.2, 0) is 11.3 Å². The minimum absolute atomic E-state index is 0.212. The van der Waals surface area contributed by atoms with Crippen molar-refractivity contribution in [3.8, 4) is 11.4 Å². The quantitative estimate of drug-likeness (QED) is 0.584. The van der Waals surface area contributed by atoms with Gasteiger partial charge in [0.2, 0.25) is 11.3 Å². The molecule has 1 fully saturated rings. The Kier molecular flexibility index (Phi) is 5.74. The molecule has 4 heterocycles. The summed E-state index contributed by atoms with van der Waals surface area (Å²) in [6.07, 6.45) is 2.17. The lowest BCUT2D eigenvalue weighted by molar-refractivity contribution is 0.144. The van der Waals surface area contributed by atoms with Crippen LogP contribution in [0.4, 0.5) is 14.6 Å². The van der Waals surface area contributed by atoms with Crippen molar-refractivity contribution >= 4 is 22.7 Å². The lowest BCUT2D eigenvalue weighted by atomic mass is 9.98. The Morgan fingerprint density at radius 1 is 1.31 bits per heavy atom. The van der Waals surface area contributed by atoms with E-state index in [-0.39, 0.29) is 11.6 Å². The van der Waals surface area contributed by atoms with Gasteiger partial charge in [0.25, 0.3) is 6.43 Å². The number of fused-ring (bicyclic) bond motifs is 1. The Bertz CT molecular complexity index is 1030. The van der Waals surface area contributed by atoms with Crippen LogP contribution in [0.2, 0.25) is 0 Å². The maximum absolute atomic E-state index is 13.0. The average molecular weight is 423 g/mol. The second kappa shape index (κ2) is 8.43. The van der Waals surface area contributed by atoms with Gasteiger partial charge in [-0.05, 0) is 30.9 Å². The van der Waals surface area contributed by atoms with E-state index in [1.54, 1.807) is 12.3 Å². The molecule has 154 valence electrons. The molecule has 0 spiro atoms. The SMILES string of the molecule is O=S(O)NCC1CCCN(c2cc(-c3cnc4ccc(C(F)F)nn34)ncn2)C1. The number of rotatable bonds is 6. The highest BCUT2D eigenvalue weighted by Gasteiger charge is 2.22. The van der Waals surface area contributed by atoms with Crippen molar-refractivity contribution in [3.05, 3.63) is 36.4 Å². The van der Waals surface area contributed by atoms with E-state index in [1.165, 1.54) is 23.0 Å². The number of imidazole rings is 1. The van der Waals surface area contributed by atoms with Crippen LogP contribution in [0.3, 0.4) is 0 Å². The highest BCUT2D eigenvalue weighted by Crippen LogP contribution is 2.26. The second-order valence-corrected chi connectivity index (χ2v) is 7.57. The summed E-state index contributed by atoms with van der Waals surface area (Å²) in [5.74, 6) is 0.911. The Hall–Kier alpha value is -2.57. The fourth-order valence-corrected chi connectivity index (χ4v) is 3.85. The molecule has 2 unspecified atom stereocenters. The monoisotopic (exact) mass is 423 g/mol. The number of piperidine rings is 1. The van der Waals surface area contributed by atoms with Crippen LogP contribution in [0.5, 0.6) is 0 Å². The number of hydrogen-bond acceptors (Lipinski definition) is 6. The van der Waals surface area contributed by atoms with Gasteiger partial charge in [-0.3, -0.25) is 4.55 Å². The van der Waals surface area contributed by atoms with Gasteiger partial charge in [-0.1, -0.05) is 0 Å². The van der Waals surface area contributed by atoms with Crippen molar-refractivity contribution in [3.63, 3.8) is 0 Å². The molecule has 12 heteroatoms. The van der Waals surface area contributed by atoms with Gasteiger partial charge in [0, 0.05) is 25.7 Å². The molecule has 3 aromatic heterocycles. The van der Waals surface area contributed by atoms with Crippen LogP contribution >= 0.6 is 0 Å². The van der Waals surface area contributed by atoms with E-state index in [2.05, 4.69) is 29.7 Å². The van der Waals surface area contributed by atoms with Crippen LogP contribution in [0.25, 0.3) is 17.0 Å². The van der Waals surface area contributed by atoms with Gasteiger partial charge < -0.3 is 4.90 Å². The Morgan fingerprint density at radius 2 is 2.17 bits per heavy atom. The third kappa shape index (κ3) is 4.38. The number of hydrogen-bond donors (Lipinski definition) is 2. The van der Waals surface area contributed by atoms with Crippen LogP contribution in [-0.4, -0.2) is 53.0 Å². The van der Waals surface area contributed by atoms with Crippen molar-refractivity contribution in [2.24, 2.45) is 5.92 Å². The van der Waals surface area contributed by atoms with Crippen molar-refractivity contribution in [1.29, 1.82) is 0 Å². The number of halogens is 2. The van der Waals surface area contributed by atoms with Gasteiger partial charge in [0.15, 0.2) is 5.65 Å². The number of nitrogens with one attached hydrogen (secondary N) is 1. The molecule has 9 nitrogen and oxygen atoms in total. The zero-order valence-electron chi connectivity index (χ0n) is 15.3. The molecule has 1 aliphatic heterocycles. The van der Waals surface area contributed by atoms with Crippen LogP contribution in [0, 0.1) is 5.92 Å². The first kappa shape index (κ1) is 19.7. The molecule has 1 saturated heterocycles. The number of alkyl halides is 2. The van der Waals surface area contributed by atoms with Crippen LogP contribution in [0.15, 0.2) is 30.7 Å². The molecule has 0 radical (unpaired) electrons. The summed E-state index contributed by atoms with van der Waals surface area (Å²) in [6, 6.07) is 4.52. The van der Waals surface area contributed by atoms with E-state index >= 15 is 0 Å². The third-order valence-electron chi connectivity index (χ3n) is 4.86. The Morgan fingerprint density at radius 3 is 2.97 bits per heavy atom. The van der Waals surface area contributed by atoms with E-state index in [1.807, 2.05) is 0 Å². The zero-order chi connectivity index (χ0) is 20.4.